The maximum Gasteiger partial charge on any atom is 0.315 e. The summed E-state index contributed by atoms with van der Waals surface area (Å²) in [6, 6.07) is 1.70. The summed E-state index contributed by atoms with van der Waals surface area (Å²) < 4.78 is 0.993. The van der Waals surface area contributed by atoms with Gasteiger partial charge in [0, 0.05) is 22.3 Å². The second-order valence-electron chi connectivity index (χ2n) is 4.29. The van der Waals surface area contributed by atoms with Gasteiger partial charge < -0.3 is 15.7 Å². The molecule has 106 valence electrons. The van der Waals surface area contributed by atoms with Crippen LogP contribution in [-0.4, -0.2) is 23.7 Å². The normalized spacial score (nSPS) is 11.9. The van der Waals surface area contributed by atoms with Crippen molar-refractivity contribution in [2.45, 2.75) is 26.3 Å². The van der Waals surface area contributed by atoms with E-state index in [0.29, 0.717) is 19.5 Å². The van der Waals surface area contributed by atoms with Gasteiger partial charge in [0.05, 0.1) is 6.54 Å². The first-order chi connectivity index (χ1) is 8.99. The maximum atomic E-state index is 11.5. The van der Waals surface area contributed by atoms with Gasteiger partial charge in [0.1, 0.15) is 0 Å². The van der Waals surface area contributed by atoms with Gasteiger partial charge in [-0.3, -0.25) is 4.79 Å². The predicted molar refractivity (Wildman–Crippen MR) is 78.3 cm³/mol. The standard InChI is InChI=1S/C12H17BrN2O3S/c1-8(2-3-11(16)17)6-14-12(18)15-7-10-9(13)4-5-19-10/h4-5,8H,2-3,6-7H2,1H3,(H,16,17)(H2,14,15,18). The Morgan fingerprint density at radius 2 is 2.21 bits per heavy atom. The number of thiophene rings is 1. The molecule has 1 heterocycles. The Kier molecular flexibility index (Phi) is 6.86. The molecule has 0 saturated heterocycles. The van der Waals surface area contributed by atoms with Crippen LogP contribution in [0.1, 0.15) is 24.6 Å². The topological polar surface area (TPSA) is 78.4 Å². The van der Waals surface area contributed by atoms with E-state index in [9.17, 15) is 9.59 Å². The van der Waals surface area contributed by atoms with Gasteiger partial charge in [0.15, 0.2) is 0 Å². The number of urea groups is 1. The Hall–Kier alpha value is -1.08. The summed E-state index contributed by atoms with van der Waals surface area (Å²) in [6.45, 7) is 2.87. The van der Waals surface area contributed by atoms with Gasteiger partial charge in [0.2, 0.25) is 0 Å². The molecule has 7 heteroatoms. The fourth-order valence-electron chi connectivity index (χ4n) is 1.41. The molecule has 1 aromatic heterocycles. The summed E-state index contributed by atoms with van der Waals surface area (Å²) in [6.07, 6.45) is 0.693. The van der Waals surface area contributed by atoms with Crippen LogP contribution in [0.2, 0.25) is 0 Å². The van der Waals surface area contributed by atoms with E-state index in [4.69, 9.17) is 5.11 Å². The largest absolute Gasteiger partial charge is 0.481 e. The minimum atomic E-state index is -0.807. The van der Waals surface area contributed by atoms with Crippen molar-refractivity contribution in [3.05, 3.63) is 20.8 Å². The van der Waals surface area contributed by atoms with Gasteiger partial charge in [-0.05, 0) is 39.7 Å². The van der Waals surface area contributed by atoms with E-state index in [-0.39, 0.29) is 18.4 Å². The molecule has 0 fully saturated rings. The van der Waals surface area contributed by atoms with Crippen molar-refractivity contribution in [2.75, 3.05) is 6.54 Å². The molecule has 0 aliphatic carbocycles. The number of carboxylic acids is 1. The summed E-state index contributed by atoms with van der Waals surface area (Å²) in [5.41, 5.74) is 0. The van der Waals surface area contributed by atoms with Crippen LogP contribution in [0, 0.1) is 5.92 Å². The molecule has 2 amide bonds. The molecule has 1 rings (SSSR count). The Labute approximate surface area is 124 Å². The first-order valence-electron chi connectivity index (χ1n) is 5.94. The molecule has 1 atom stereocenters. The zero-order valence-corrected chi connectivity index (χ0v) is 13.0. The monoisotopic (exact) mass is 348 g/mol. The van der Waals surface area contributed by atoms with E-state index in [0.717, 1.165) is 9.35 Å². The molecule has 0 spiro atoms. The third-order valence-corrected chi connectivity index (χ3v) is 4.49. The number of hydrogen-bond acceptors (Lipinski definition) is 3. The lowest BCUT2D eigenvalue weighted by atomic mass is 10.1. The molecule has 0 aromatic carbocycles. The van der Waals surface area contributed by atoms with E-state index < -0.39 is 5.97 Å². The van der Waals surface area contributed by atoms with Crippen LogP contribution in [0.5, 0.6) is 0 Å². The molecule has 1 unspecified atom stereocenters. The van der Waals surface area contributed by atoms with E-state index in [1.807, 2.05) is 18.4 Å². The number of aliphatic carboxylic acids is 1. The zero-order chi connectivity index (χ0) is 14.3. The summed E-state index contributed by atoms with van der Waals surface area (Å²) in [4.78, 5) is 23.0. The second kappa shape index (κ2) is 8.16. The minimum absolute atomic E-state index is 0.132. The maximum absolute atomic E-state index is 11.5. The molecule has 3 N–H and O–H groups in total. The number of rotatable bonds is 7. The summed E-state index contributed by atoms with van der Waals surface area (Å²) in [5, 5.41) is 16.0. The Balaban J connectivity index is 2.17. The first kappa shape index (κ1) is 16.0. The van der Waals surface area contributed by atoms with E-state index >= 15 is 0 Å². The first-order valence-corrected chi connectivity index (χ1v) is 7.61. The van der Waals surface area contributed by atoms with Crippen LogP contribution in [0.4, 0.5) is 4.79 Å². The van der Waals surface area contributed by atoms with Crippen LogP contribution in [0.15, 0.2) is 15.9 Å². The van der Waals surface area contributed by atoms with Crippen LogP contribution in [0.25, 0.3) is 0 Å². The van der Waals surface area contributed by atoms with Gasteiger partial charge in [-0.2, -0.15) is 0 Å². The fourth-order valence-corrected chi connectivity index (χ4v) is 2.85. The lowest BCUT2D eigenvalue weighted by Gasteiger charge is -2.12. The highest BCUT2D eigenvalue weighted by Gasteiger charge is 2.08. The van der Waals surface area contributed by atoms with Crippen LogP contribution in [0.3, 0.4) is 0 Å². The molecule has 0 aliphatic heterocycles. The Morgan fingerprint density at radius 3 is 2.79 bits per heavy atom. The molecule has 0 radical (unpaired) electrons. The van der Waals surface area contributed by atoms with Crippen molar-refractivity contribution in [1.29, 1.82) is 0 Å². The lowest BCUT2D eigenvalue weighted by molar-refractivity contribution is -0.137. The van der Waals surface area contributed by atoms with Crippen LogP contribution >= 0.6 is 27.3 Å². The van der Waals surface area contributed by atoms with Crippen molar-refractivity contribution >= 4 is 39.3 Å². The number of halogens is 1. The van der Waals surface area contributed by atoms with Gasteiger partial charge in [0.25, 0.3) is 0 Å². The third-order valence-electron chi connectivity index (χ3n) is 2.56. The highest BCUT2D eigenvalue weighted by atomic mass is 79.9. The minimum Gasteiger partial charge on any atom is -0.481 e. The highest BCUT2D eigenvalue weighted by molar-refractivity contribution is 9.10. The molecule has 0 aliphatic rings. The quantitative estimate of drug-likeness (QED) is 0.708. The molecule has 5 nitrogen and oxygen atoms in total. The molecular weight excluding hydrogens is 332 g/mol. The van der Waals surface area contributed by atoms with Gasteiger partial charge >= 0.3 is 12.0 Å². The van der Waals surface area contributed by atoms with E-state index in [1.165, 1.54) is 0 Å². The summed E-state index contributed by atoms with van der Waals surface area (Å²) in [5.74, 6) is -0.658. The van der Waals surface area contributed by atoms with Crippen molar-refractivity contribution in [3.8, 4) is 0 Å². The summed E-state index contributed by atoms with van der Waals surface area (Å²) in [7, 11) is 0. The average Bonchev–Trinajstić information content (AvgIpc) is 2.77. The fraction of sp³-hybridized carbons (Fsp3) is 0.500. The number of carbonyl (C=O) groups is 2. The van der Waals surface area contributed by atoms with Crippen LogP contribution in [-0.2, 0) is 11.3 Å². The van der Waals surface area contributed by atoms with Gasteiger partial charge in [-0.1, -0.05) is 6.92 Å². The second-order valence-corrected chi connectivity index (χ2v) is 6.15. The number of amides is 2. The number of carbonyl (C=O) groups excluding carboxylic acids is 1. The van der Waals surface area contributed by atoms with Crippen molar-refractivity contribution in [3.63, 3.8) is 0 Å². The number of carboxylic acid groups (broad SMARTS) is 1. The van der Waals surface area contributed by atoms with Crippen molar-refractivity contribution in [2.24, 2.45) is 5.92 Å². The van der Waals surface area contributed by atoms with Crippen molar-refractivity contribution in [1.82, 2.24) is 10.6 Å². The van der Waals surface area contributed by atoms with Crippen LogP contribution < -0.4 is 10.6 Å². The Bertz CT molecular complexity index is 436. The predicted octanol–water partition coefficient (Wildman–Crippen LogP) is 2.81. The smallest absolute Gasteiger partial charge is 0.315 e. The molecule has 0 saturated carbocycles. The summed E-state index contributed by atoms with van der Waals surface area (Å²) >= 11 is 4.97. The molecule has 1 aromatic rings. The SMILES string of the molecule is CC(CCC(=O)O)CNC(=O)NCc1sccc1Br. The highest BCUT2D eigenvalue weighted by Crippen LogP contribution is 2.21. The molecular formula is C12H17BrN2O3S. The Morgan fingerprint density at radius 1 is 1.47 bits per heavy atom. The molecule has 0 bridgehead atoms. The molecule has 19 heavy (non-hydrogen) atoms. The average molecular weight is 349 g/mol. The van der Waals surface area contributed by atoms with Crippen molar-refractivity contribution < 1.29 is 14.7 Å². The number of nitrogens with one attached hydrogen (secondary N) is 2. The third kappa shape index (κ3) is 6.58. The van der Waals surface area contributed by atoms with Gasteiger partial charge in [-0.25, -0.2) is 4.79 Å². The number of hydrogen-bond donors (Lipinski definition) is 3. The lowest BCUT2D eigenvalue weighted by Crippen LogP contribution is -2.37. The zero-order valence-electron chi connectivity index (χ0n) is 10.6. The van der Waals surface area contributed by atoms with E-state index in [1.54, 1.807) is 11.3 Å². The van der Waals surface area contributed by atoms with Gasteiger partial charge in [-0.15, -0.1) is 11.3 Å². The van der Waals surface area contributed by atoms with E-state index in [2.05, 4.69) is 26.6 Å².